The van der Waals surface area contributed by atoms with E-state index in [0.29, 0.717) is 0 Å². The molecule has 2 nitrogen and oxygen atoms in total. The van der Waals surface area contributed by atoms with Gasteiger partial charge in [0, 0.05) is 13.7 Å². The minimum atomic E-state index is 0.767. The van der Waals surface area contributed by atoms with Crippen LogP contribution >= 0.6 is 0 Å². The van der Waals surface area contributed by atoms with E-state index in [0.717, 1.165) is 19.1 Å². The lowest BCUT2D eigenvalue weighted by molar-refractivity contribution is 0.137. The van der Waals surface area contributed by atoms with Crippen LogP contribution in [0.1, 0.15) is 12.8 Å². The highest BCUT2D eigenvalue weighted by atomic mass is 16.5. The molecule has 0 aromatic carbocycles. The molecular weight excluding hydrogens is 114 g/mol. The van der Waals surface area contributed by atoms with Crippen LogP contribution in [0.25, 0.3) is 0 Å². The Balaban J connectivity index is 2.08. The van der Waals surface area contributed by atoms with Gasteiger partial charge in [0.1, 0.15) is 0 Å². The maximum Gasteiger partial charge on any atom is 0.0502 e. The second-order valence-corrected chi connectivity index (χ2v) is 2.67. The normalized spacial score (nSPS) is 28.3. The van der Waals surface area contributed by atoms with Gasteiger partial charge in [-0.15, -0.1) is 0 Å². The number of hydrogen-bond acceptors (Lipinski definition) is 2. The first kappa shape index (κ1) is 7.03. The molecule has 1 saturated heterocycles. The van der Waals surface area contributed by atoms with E-state index in [1.54, 1.807) is 7.11 Å². The highest BCUT2D eigenvalue weighted by Crippen LogP contribution is 2.08. The predicted octanol–water partition coefficient (Wildman–Crippen LogP) is 0.632. The van der Waals surface area contributed by atoms with Gasteiger partial charge in [-0.05, 0) is 25.3 Å². The third-order valence-electron chi connectivity index (χ3n) is 1.80. The van der Waals surface area contributed by atoms with E-state index in [9.17, 15) is 0 Å². The molecule has 0 amide bonds. The van der Waals surface area contributed by atoms with Gasteiger partial charge in [-0.3, -0.25) is 0 Å². The molecule has 54 valence electrons. The van der Waals surface area contributed by atoms with Gasteiger partial charge < -0.3 is 10.1 Å². The third-order valence-corrected chi connectivity index (χ3v) is 1.80. The first-order valence-corrected chi connectivity index (χ1v) is 3.63. The van der Waals surface area contributed by atoms with E-state index in [4.69, 9.17) is 4.74 Å². The highest BCUT2D eigenvalue weighted by Gasteiger charge is 2.11. The first-order valence-electron chi connectivity index (χ1n) is 3.63. The smallest absolute Gasteiger partial charge is 0.0502 e. The molecule has 1 fully saturated rings. The largest absolute Gasteiger partial charge is 0.384 e. The van der Waals surface area contributed by atoms with Crippen molar-refractivity contribution in [1.29, 1.82) is 0 Å². The molecule has 0 saturated carbocycles. The van der Waals surface area contributed by atoms with Crippen LogP contribution in [0.2, 0.25) is 0 Å². The third kappa shape index (κ3) is 2.33. The van der Waals surface area contributed by atoms with Crippen LogP contribution in [0, 0.1) is 5.92 Å². The quantitative estimate of drug-likeness (QED) is 0.590. The molecular formula is C7H15NO. The minimum absolute atomic E-state index is 0.767. The van der Waals surface area contributed by atoms with E-state index >= 15 is 0 Å². The van der Waals surface area contributed by atoms with Crippen LogP contribution in [0.15, 0.2) is 0 Å². The molecule has 1 rings (SSSR count). The Morgan fingerprint density at radius 3 is 3.11 bits per heavy atom. The van der Waals surface area contributed by atoms with Gasteiger partial charge in [-0.2, -0.15) is 0 Å². The van der Waals surface area contributed by atoms with Crippen molar-refractivity contribution in [2.24, 2.45) is 5.92 Å². The molecule has 9 heavy (non-hydrogen) atoms. The minimum Gasteiger partial charge on any atom is -0.384 e. The van der Waals surface area contributed by atoms with E-state index in [1.165, 1.54) is 19.4 Å². The first-order chi connectivity index (χ1) is 4.43. The van der Waals surface area contributed by atoms with Gasteiger partial charge in [0.15, 0.2) is 0 Å². The molecule has 1 heterocycles. The van der Waals surface area contributed by atoms with E-state index in [1.807, 2.05) is 0 Å². The fourth-order valence-electron chi connectivity index (χ4n) is 1.30. The average molecular weight is 129 g/mol. The molecule has 0 aliphatic carbocycles. The van der Waals surface area contributed by atoms with Gasteiger partial charge in [0.05, 0.1) is 6.61 Å². The summed E-state index contributed by atoms with van der Waals surface area (Å²) >= 11 is 0. The summed E-state index contributed by atoms with van der Waals surface area (Å²) in [6, 6.07) is 0. The Bertz CT molecular complexity index is 66.6. The average Bonchev–Trinajstić information content (AvgIpc) is 1.91. The Hall–Kier alpha value is -0.0800. The predicted molar refractivity (Wildman–Crippen MR) is 37.5 cm³/mol. The molecule has 1 atom stereocenters. The molecule has 0 aromatic heterocycles. The Kier molecular flexibility index (Phi) is 3.01. The molecule has 1 N–H and O–H groups in total. The Morgan fingerprint density at radius 2 is 2.56 bits per heavy atom. The summed E-state index contributed by atoms with van der Waals surface area (Å²) in [5.74, 6) is 0.767. The Labute approximate surface area is 56.6 Å². The van der Waals surface area contributed by atoms with Crippen LogP contribution < -0.4 is 5.32 Å². The molecule has 2 heteroatoms. The lowest BCUT2D eigenvalue weighted by atomic mass is 10.0. The maximum atomic E-state index is 5.04. The van der Waals surface area contributed by atoms with Crippen LogP contribution in [-0.4, -0.2) is 26.8 Å². The van der Waals surface area contributed by atoms with E-state index in [-0.39, 0.29) is 0 Å². The summed E-state index contributed by atoms with van der Waals surface area (Å²) in [7, 11) is 1.77. The monoisotopic (exact) mass is 129 g/mol. The fraction of sp³-hybridized carbons (Fsp3) is 1.00. The van der Waals surface area contributed by atoms with Crippen LogP contribution in [0.4, 0.5) is 0 Å². The lowest BCUT2D eigenvalue weighted by Crippen LogP contribution is -2.31. The zero-order chi connectivity index (χ0) is 6.53. The van der Waals surface area contributed by atoms with Crippen LogP contribution in [-0.2, 0) is 4.74 Å². The van der Waals surface area contributed by atoms with E-state index in [2.05, 4.69) is 5.32 Å². The van der Waals surface area contributed by atoms with Crippen molar-refractivity contribution in [3.05, 3.63) is 0 Å². The van der Waals surface area contributed by atoms with Gasteiger partial charge in [0.25, 0.3) is 0 Å². The summed E-state index contributed by atoms with van der Waals surface area (Å²) in [6.07, 6.45) is 2.65. The SMILES string of the molecule is COC[C@@H]1CCCNC1. The van der Waals surface area contributed by atoms with Crippen molar-refractivity contribution in [2.45, 2.75) is 12.8 Å². The summed E-state index contributed by atoms with van der Waals surface area (Å²) in [5.41, 5.74) is 0. The topological polar surface area (TPSA) is 21.3 Å². The fourth-order valence-corrected chi connectivity index (χ4v) is 1.30. The molecule has 0 bridgehead atoms. The van der Waals surface area contributed by atoms with Gasteiger partial charge in [-0.1, -0.05) is 0 Å². The molecule has 1 aliphatic heterocycles. The number of rotatable bonds is 2. The number of ether oxygens (including phenoxy) is 1. The van der Waals surface area contributed by atoms with Gasteiger partial charge in [-0.25, -0.2) is 0 Å². The summed E-state index contributed by atoms with van der Waals surface area (Å²) in [4.78, 5) is 0. The summed E-state index contributed by atoms with van der Waals surface area (Å²) in [6.45, 7) is 3.26. The number of piperidine rings is 1. The molecule has 1 aliphatic rings. The zero-order valence-electron chi connectivity index (χ0n) is 6.02. The molecule has 0 unspecified atom stereocenters. The number of nitrogens with one attached hydrogen (secondary N) is 1. The zero-order valence-corrected chi connectivity index (χ0v) is 6.02. The van der Waals surface area contributed by atoms with Crippen molar-refractivity contribution < 1.29 is 4.74 Å². The second-order valence-electron chi connectivity index (χ2n) is 2.67. The number of methoxy groups -OCH3 is 1. The van der Waals surface area contributed by atoms with Crippen molar-refractivity contribution in [2.75, 3.05) is 26.8 Å². The maximum absolute atomic E-state index is 5.04. The molecule has 0 spiro atoms. The molecule has 0 radical (unpaired) electrons. The van der Waals surface area contributed by atoms with Crippen LogP contribution in [0.3, 0.4) is 0 Å². The van der Waals surface area contributed by atoms with Gasteiger partial charge in [0.2, 0.25) is 0 Å². The van der Waals surface area contributed by atoms with Crippen molar-refractivity contribution in [1.82, 2.24) is 5.32 Å². The number of hydrogen-bond donors (Lipinski definition) is 1. The van der Waals surface area contributed by atoms with Gasteiger partial charge >= 0.3 is 0 Å². The second kappa shape index (κ2) is 3.85. The van der Waals surface area contributed by atoms with Crippen LogP contribution in [0.5, 0.6) is 0 Å². The van der Waals surface area contributed by atoms with Crippen molar-refractivity contribution in [3.8, 4) is 0 Å². The van der Waals surface area contributed by atoms with E-state index < -0.39 is 0 Å². The standard InChI is InChI=1S/C7H15NO/c1-9-6-7-3-2-4-8-5-7/h7-8H,2-6H2,1H3/t7-/m1/s1. The van der Waals surface area contributed by atoms with Crippen molar-refractivity contribution in [3.63, 3.8) is 0 Å². The molecule has 0 aromatic rings. The Morgan fingerprint density at radius 1 is 1.67 bits per heavy atom. The highest BCUT2D eigenvalue weighted by molar-refractivity contribution is 4.67. The summed E-state index contributed by atoms with van der Waals surface area (Å²) in [5, 5.41) is 3.34. The summed E-state index contributed by atoms with van der Waals surface area (Å²) < 4.78 is 5.04. The lowest BCUT2D eigenvalue weighted by Gasteiger charge is -2.21. The van der Waals surface area contributed by atoms with Crippen molar-refractivity contribution >= 4 is 0 Å².